The fourth-order valence-electron chi connectivity index (χ4n) is 2.03. The van der Waals surface area contributed by atoms with Crippen LogP contribution in [0.1, 0.15) is 19.4 Å². The Balaban J connectivity index is 1.78. The first-order chi connectivity index (χ1) is 8.56. The van der Waals surface area contributed by atoms with Crippen LogP contribution in [0.3, 0.4) is 0 Å². The normalized spacial score (nSPS) is 19.7. The van der Waals surface area contributed by atoms with Crippen molar-refractivity contribution in [1.82, 2.24) is 5.32 Å². The summed E-state index contributed by atoms with van der Waals surface area (Å²) in [6.07, 6.45) is 0.710. The SMILES string of the molecule is CC(C)C(O)CNCC1Cc2cc(Cl)ccc2O1. The van der Waals surface area contributed by atoms with Gasteiger partial charge in [0.05, 0.1) is 6.10 Å². The molecule has 0 saturated heterocycles. The molecule has 4 heteroatoms. The quantitative estimate of drug-likeness (QED) is 0.862. The Bertz CT molecular complexity index is 409. The molecular formula is C14H20ClNO2. The van der Waals surface area contributed by atoms with Gasteiger partial charge in [0, 0.05) is 24.5 Å². The van der Waals surface area contributed by atoms with E-state index in [0.29, 0.717) is 6.54 Å². The van der Waals surface area contributed by atoms with Gasteiger partial charge in [0.15, 0.2) is 0 Å². The molecule has 0 fully saturated rings. The van der Waals surface area contributed by atoms with E-state index in [9.17, 15) is 5.11 Å². The van der Waals surface area contributed by atoms with E-state index in [1.54, 1.807) is 0 Å². The van der Waals surface area contributed by atoms with Crippen LogP contribution in [0.25, 0.3) is 0 Å². The fraction of sp³-hybridized carbons (Fsp3) is 0.571. The van der Waals surface area contributed by atoms with Crippen LogP contribution in [0.5, 0.6) is 5.75 Å². The summed E-state index contributed by atoms with van der Waals surface area (Å²) in [5, 5.41) is 13.7. The number of benzene rings is 1. The summed E-state index contributed by atoms with van der Waals surface area (Å²) in [6, 6.07) is 5.72. The lowest BCUT2D eigenvalue weighted by atomic mass is 10.1. The maximum absolute atomic E-state index is 9.69. The van der Waals surface area contributed by atoms with E-state index in [4.69, 9.17) is 16.3 Å². The third kappa shape index (κ3) is 3.37. The van der Waals surface area contributed by atoms with Gasteiger partial charge in [0.1, 0.15) is 11.9 Å². The zero-order valence-corrected chi connectivity index (χ0v) is 11.6. The minimum Gasteiger partial charge on any atom is -0.488 e. The minimum absolute atomic E-state index is 0.137. The molecule has 0 saturated carbocycles. The number of hydrogen-bond acceptors (Lipinski definition) is 3. The first-order valence-corrected chi connectivity index (χ1v) is 6.78. The Morgan fingerprint density at radius 2 is 2.28 bits per heavy atom. The van der Waals surface area contributed by atoms with Gasteiger partial charge in [0.2, 0.25) is 0 Å². The molecule has 2 unspecified atom stereocenters. The third-order valence-electron chi connectivity index (χ3n) is 3.26. The molecule has 0 aromatic heterocycles. The maximum atomic E-state index is 9.69. The number of hydrogen-bond donors (Lipinski definition) is 2. The molecular weight excluding hydrogens is 250 g/mol. The van der Waals surface area contributed by atoms with Crippen molar-refractivity contribution in [2.45, 2.75) is 32.5 Å². The highest BCUT2D eigenvalue weighted by Gasteiger charge is 2.22. The highest BCUT2D eigenvalue weighted by atomic mass is 35.5. The molecule has 3 nitrogen and oxygen atoms in total. The maximum Gasteiger partial charge on any atom is 0.123 e. The zero-order valence-electron chi connectivity index (χ0n) is 10.8. The van der Waals surface area contributed by atoms with E-state index >= 15 is 0 Å². The van der Waals surface area contributed by atoms with E-state index in [-0.39, 0.29) is 18.1 Å². The lowest BCUT2D eigenvalue weighted by Crippen LogP contribution is -2.36. The number of nitrogens with one attached hydrogen (secondary N) is 1. The van der Waals surface area contributed by atoms with Gasteiger partial charge < -0.3 is 15.2 Å². The molecule has 2 rings (SSSR count). The van der Waals surface area contributed by atoms with Gasteiger partial charge >= 0.3 is 0 Å². The average molecular weight is 270 g/mol. The van der Waals surface area contributed by atoms with Crippen molar-refractivity contribution in [1.29, 1.82) is 0 Å². The Morgan fingerprint density at radius 1 is 1.50 bits per heavy atom. The van der Waals surface area contributed by atoms with E-state index < -0.39 is 0 Å². The predicted octanol–water partition coefficient (Wildman–Crippen LogP) is 2.25. The monoisotopic (exact) mass is 269 g/mol. The van der Waals surface area contributed by atoms with Gasteiger partial charge in [-0.3, -0.25) is 0 Å². The Labute approximate surface area is 113 Å². The molecule has 18 heavy (non-hydrogen) atoms. The van der Waals surface area contributed by atoms with Crippen LogP contribution in [0.4, 0.5) is 0 Å². The number of fused-ring (bicyclic) bond motifs is 1. The van der Waals surface area contributed by atoms with Crippen LogP contribution in [0, 0.1) is 5.92 Å². The average Bonchev–Trinajstić information content (AvgIpc) is 2.70. The van der Waals surface area contributed by atoms with Crippen LogP contribution >= 0.6 is 11.6 Å². The summed E-state index contributed by atoms with van der Waals surface area (Å²) < 4.78 is 5.80. The second-order valence-electron chi connectivity index (χ2n) is 5.17. The van der Waals surface area contributed by atoms with Gasteiger partial charge in [-0.1, -0.05) is 25.4 Å². The van der Waals surface area contributed by atoms with Crippen LogP contribution in [0.15, 0.2) is 18.2 Å². The summed E-state index contributed by atoms with van der Waals surface area (Å²) in [5.41, 5.74) is 1.17. The van der Waals surface area contributed by atoms with E-state index in [0.717, 1.165) is 23.7 Å². The lowest BCUT2D eigenvalue weighted by Gasteiger charge is -2.17. The molecule has 0 radical (unpaired) electrons. The van der Waals surface area contributed by atoms with Gasteiger partial charge in [-0.25, -0.2) is 0 Å². The van der Waals surface area contributed by atoms with Crippen molar-refractivity contribution in [3.63, 3.8) is 0 Å². The molecule has 1 heterocycles. The van der Waals surface area contributed by atoms with Crippen molar-refractivity contribution < 1.29 is 9.84 Å². The van der Waals surface area contributed by atoms with Crippen molar-refractivity contribution in [2.24, 2.45) is 5.92 Å². The molecule has 100 valence electrons. The Kier molecular flexibility index (Phi) is 4.49. The fourth-order valence-corrected chi connectivity index (χ4v) is 2.23. The third-order valence-corrected chi connectivity index (χ3v) is 3.49. The van der Waals surface area contributed by atoms with Gasteiger partial charge in [0.25, 0.3) is 0 Å². The molecule has 0 aliphatic carbocycles. The second-order valence-corrected chi connectivity index (χ2v) is 5.60. The van der Waals surface area contributed by atoms with Crippen molar-refractivity contribution >= 4 is 11.6 Å². The highest BCUT2D eigenvalue weighted by Crippen LogP contribution is 2.30. The van der Waals surface area contributed by atoms with E-state index in [1.165, 1.54) is 5.56 Å². The van der Waals surface area contributed by atoms with Crippen LogP contribution in [-0.4, -0.2) is 30.4 Å². The lowest BCUT2D eigenvalue weighted by molar-refractivity contribution is 0.118. The first-order valence-electron chi connectivity index (χ1n) is 6.40. The molecule has 0 bridgehead atoms. The number of rotatable bonds is 5. The van der Waals surface area contributed by atoms with Crippen molar-refractivity contribution in [3.8, 4) is 5.75 Å². The number of ether oxygens (including phenoxy) is 1. The van der Waals surface area contributed by atoms with E-state index in [1.807, 2.05) is 32.0 Å². The predicted molar refractivity (Wildman–Crippen MR) is 73.3 cm³/mol. The summed E-state index contributed by atoms with van der Waals surface area (Å²) in [7, 11) is 0. The summed E-state index contributed by atoms with van der Waals surface area (Å²) in [5.74, 6) is 1.20. The first kappa shape index (κ1) is 13.7. The largest absolute Gasteiger partial charge is 0.488 e. The van der Waals surface area contributed by atoms with Crippen molar-refractivity contribution in [2.75, 3.05) is 13.1 Å². The molecule has 1 aliphatic rings. The molecule has 1 aliphatic heterocycles. The molecule has 2 atom stereocenters. The Hall–Kier alpha value is -0.770. The highest BCUT2D eigenvalue weighted by molar-refractivity contribution is 6.30. The second kappa shape index (κ2) is 5.91. The van der Waals surface area contributed by atoms with Gasteiger partial charge in [-0.05, 0) is 29.7 Å². The van der Waals surface area contributed by atoms with Gasteiger partial charge in [-0.15, -0.1) is 0 Å². The molecule has 1 aromatic rings. The van der Waals surface area contributed by atoms with Crippen LogP contribution in [0.2, 0.25) is 5.02 Å². The van der Waals surface area contributed by atoms with E-state index in [2.05, 4.69) is 5.32 Å². The number of aliphatic hydroxyl groups excluding tert-OH is 1. The number of halogens is 1. The summed E-state index contributed by atoms with van der Waals surface area (Å²) in [6.45, 7) is 5.37. The molecule has 0 amide bonds. The Morgan fingerprint density at radius 3 is 3.00 bits per heavy atom. The molecule has 0 spiro atoms. The summed E-state index contributed by atoms with van der Waals surface area (Å²) in [4.78, 5) is 0. The van der Waals surface area contributed by atoms with Crippen molar-refractivity contribution in [3.05, 3.63) is 28.8 Å². The van der Waals surface area contributed by atoms with Crippen LogP contribution in [-0.2, 0) is 6.42 Å². The summed E-state index contributed by atoms with van der Waals surface area (Å²) >= 11 is 5.95. The number of aliphatic hydroxyl groups is 1. The van der Waals surface area contributed by atoms with Gasteiger partial charge in [-0.2, -0.15) is 0 Å². The smallest absolute Gasteiger partial charge is 0.123 e. The molecule has 1 aromatic carbocycles. The standard InChI is InChI=1S/C14H20ClNO2/c1-9(2)13(17)8-16-7-12-6-10-5-11(15)3-4-14(10)18-12/h3-5,9,12-13,16-17H,6-8H2,1-2H3. The van der Waals surface area contributed by atoms with Crippen LogP contribution < -0.4 is 10.1 Å². The molecule has 2 N–H and O–H groups in total. The minimum atomic E-state index is -0.303. The topological polar surface area (TPSA) is 41.5 Å². The zero-order chi connectivity index (χ0) is 13.1.